The van der Waals surface area contributed by atoms with Gasteiger partial charge in [0.1, 0.15) is 0 Å². The topological polar surface area (TPSA) is 78.4 Å². The summed E-state index contributed by atoms with van der Waals surface area (Å²) in [5, 5.41) is 14.3. The first-order valence-corrected chi connectivity index (χ1v) is 4.98. The van der Waals surface area contributed by atoms with Crippen molar-refractivity contribution in [3.05, 3.63) is 22.2 Å². The second-order valence-corrected chi connectivity index (χ2v) is 3.94. The molecule has 78 valence electrons. The van der Waals surface area contributed by atoms with Gasteiger partial charge in [-0.2, -0.15) is 0 Å². The van der Waals surface area contributed by atoms with E-state index in [0.29, 0.717) is 15.8 Å². The van der Waals surface area contributed by atoms with E-state index in [1.807, 2.05) is 0 Å². The van der Waals surface area contributed by atoms with Gasteiger partial charge in [-0.25, -0.2) is 4.79 Å². The number of amides is 1. The number of nitrogens with one attached hydrogen (secondary N) is 2. The molecule has 0 saturated heterocycles. The number of carboxylic acid groups (broad SMARTS) is 1. The molecule has 0 fully saturated rings. The molecule has 0 spiro atoms. The van der Waals surface area contributed by atoms with E-state index in [9.17, 15) is 9.59 Å². The van der Waals surface area contributed by atoms with Gasteiger partial charge >= 0.3 is 5.97 Å². The standard InChI is InChI=1S/C9H7BrN2O3/c10-5-1-4(9(14)15)2-6-8(5)11-3-7(13)12-6/h1-2,11H,3H2,(H,12,13)(H,14,15). The van der Waals surface area contributed by atoms with E-state index >= 15 is 0 Å². The minimum absolute atomic E-state index is 0.129. The number of hydrogen-bond acceptors (Lipinski definition) is 3. The molecule has 0 unspecified atom stereocenters. The predicted octanol–water partition coefficient (Wildman–Crippen LogP) is 1.51. The van der Waals surface area contributed by atoms with E-state index < -0.39 is 5.97 Å². The second-order valence-electron chi connectivity index (χ2n) is 3.09. The quantitative estimate of drug-likeness (QED) is 0.723. The molecule has 1 amide bonds. The first-order valence-electron chi connectivity index (χ1n) is 4.18. The van der Waals surface area contributed by atoms with Crippen molar-refractivity contribution in [1.29, 1.82) is 0 Å². The summed E-state index contributed by atoms with van der Waals surface area (Å²) in [7, 11) is 0. The molecule has 0 atom stereocenters. The van der Waals surface area contributed by atoms with Crippen LogP contribution in [0.3, 0.4) is 0 Å². The summed E-state index contributed by atoms with van der Waals surface area (Å²) < 4.78 is 0.623. The van der Waals surface area contributed by atoms with Gasteiger partial charge in [0.15, 0.2) is 0 Å². The minimum Gasteiger partial charge on any atom is -0.478 e. The lowest BCUT2D eigenvalue weighted by Gasteiger charge is -2.20. The summed E-state index contributed by atoms with van der Waals surface area (Å²) in [6.45, 7) is 0.192. The molecule has 1 aliphatic rings. The van der Waals surface area contributed by atoms with Crippen molar-refractivity contribution in [2.24, 2.45) is 0 Å². The average Bonchev–Trinajstić information content (AvgIpc) is 2.16. The highest BCUT2D eigenvalue weighted by Gasteiger charge is 2.18. The van der Waals surface area contributed by atoms with Crippen LogP contribution in [0.25, 0.3) is 0 Å². The minimum atomic E-state index is -1.03. The van der Waals surface area contributed by atoms with E-state index in [2.05, 4.69) is 26.6 Å². The molecule has 5 nitrogen and oxygen atoms in total. The molecule has 3 N–H and O–H groups in total. The van der Waals surface area contributed by atoms with Gasteiger partial charge in [-0.05, 0) is 28.1 Å². The Morgan fingerprint density at radius 1 is 1.47 bits per heavy atom. The van der Waals surface area contributed by atoms with Crippen LogP contribution in [-0.2, 0) is 4.79 Å². The summed E-state index contributed by atoms with van der Waals surface area (Å²) in [6, 6.07) is 2.91. The number of carboxylic acids is 1. The lowest BCUT2D eigenvalue weighted by molar-refractivity contribution is -0.114. The van der Waals surface area contributed by atoms with Gasteiger partial charge in [0.2, 0.25) is 5.91 Å². The van der Waals surface area contributed by atoms with E-state index in [0.717, 1.165) is 0 Å². The molecule has 1 heterocycles. The Kier molecular flexibility index (Phi) is 2.36. The van der Waals surface area contributed by atoms with Crippen molar-refractivity contribution in [2.45, 2.75) is 0 Å². The number of halogens is 1. The Morgan fingerprint density at radius 3 is 2.87 bits per heavy atom. The molecule has 0 aliphatic carbocycles. The second kappa shape index (κ2) is 3.54. The summed E-state index contributed by atoms with van der Waals surface area (Å²) >= 11 is 3.24. The Hall–Kier alpha value is -1.56. The predicted molar refractivity (Wildman–Crippen MR) is 58.2 cm³/mol. The highest BCUT2D eigenvalue weighted by Crippen LogP contribution is 2.34. The Labute approximate surface area is 93.6 Å². The third-order valence-corrected chi connectivity index (χ3v) is 2.66. The SMILES string of the molecule is O=C1CNc2c(Br)cc(C(=O)O)cc2N1. The van der Waals surface area contributed by atoms with Crippen molar-refractivity contribution in [3.63, 3.8) is 0 Å². The molecule has 0 bridgehead atoms. The zero-order valence-corrected chi connectivity index (χ0v) is 9.09. The fourth-order valence-electron chi connectivity index (χ4n) is 1.37. The van der Waals surface area contributed by atoms with Crippen LogP contribution in [0.15, 0.2) is 16.6 Å². The van der Waals surface area contributed by atoms with Crippen molar-refractivity contribution < 1.29 is 14.7 Å². The number of aromatic carboxylic acids is 1. The fraction of sp³-hybridized carbons (Fsp3) is 0.111. The van der Waals surface area contributed by atoms with Crippen LogP contribution in [0.5, 0.6) is 0 Å². The monoisotopic (exact) mass is 270 g/mol. The molecule has 1 aliphatic heterocycles. The number of anilines is 2. The van der Waals surface area contributed by atoms with Crippen molar-refractivity contribution in [2.75, 3.05) is 17.2 Å². The Balaban J connectivity index is 2.53. The van der Waals surface area contributed by atoms with Crippen molar-refractivity contribution in [3.8, 4) is 0 Å². The third kappa shape index (κ3) is 1.80. The molecule has 1 aromatic rings. The van der Waals surface area contributed by atoms with E-state index in [1.54, 1.807) is 0 Å². The van der Waals surface area contributed by atoms with Crippen LogP contribution >= 0.6 is 15.9 Å². The van der Waals surface area contributed by atoms with Crippen LogP contribution in [-0.4, -0.2) is 23.5 Å². The zero-order valence-electron chi connectivity index (χ0n) is 7.50. The summed E-state index contributed by atoms with van der Waals surface area (Å²) in [5.74, 6) is -1.21. The van der Waals surface area contributed by atoms with Gasteiger partial charge in [-0.1, -0.05) is 0 Å². The molecule has 1 aromatic carbocycles. The number of rotatable bonds is 1. The maximum Gasteiger partial charge on any atom is 0.335 e. The van der Waals surface area contributed by atoms with Crippen molar-refractivity contribution in [1.82, 2.24) is 0 Å². The molecule has 2 rings (SSSR count). The number of carbonyl (C=O) groups is 2. The largest absolute Gasteiger partial charge is 0.478 e. The molecular formula is C9H7BrN2O3. The van der Waals surface area contributed by atoms with E-state index in [4.69, 9.17) is 5.11 Å². The zero-order chi connectivity index (χ0) is 11.0. The maximum absolute atomic E-state index is 11.1. The van der Waals surface area contributed by atoms with Gasteiger partial charge in [0.05, 0.1) is 23.5 Å². The highest BCUT2D eigenvalue weighted by molar-refractivity contribution is 9.10. The van der Waals surface area contributed by atoms with Crippen molar-refractivity contribution >= 4 is 39.2 Å². The summed E-state index contributed by atoms with van der Waals surface area (Å²) in [5.41, 5.74) is 1.32. The lowest BCUT2D eigenvalue weighted by Crippen LogP contribution is -2.27. The first kappa shape index (κ1) is 9.97. The van der Waals surface area contributed by atoms with Crippen LogP contribution in [0.1, 0.15) is 10.4 Å². The fourth-order valence-corrected chi connectivity index (χ4v) is 1.97. The number of hydrogen-bond donors (Lipinski definition) is 3. The lowest BCUT2D eigenvalue weighted by atomic mass is 10.1. The molecule has 15 heavy (non-hydrogen) atoms. The highest BCUT2D eigenvalue weighted by atomic mass is 79.9. The molecular weight excluding hydrogens is 264 g/mol. The van der Waals surface area contributed by atoms with Crippen LogP contribution in [0.4, 0.5) is 11.4 Å². The van der Waals surface area contributed by atoms with E-state index in [1.165, 1.54) is 12.1 Å². The molecule has 0 radical (unpaired) electrons. The normalized spacial score (nSPS) is 13.8. The average molecular weight is 271 g/mol. The van der Waals surface area contributed by atoms with Crippen LogP contribution in [0.2, 0.25) is 0 Å². The smallest absolute Gasteiger partial charge is 0.335 e. The summed E-state index contributed by atoms with van der Waals surface area (Å²) in [6.07, 6.45) is 0. The van der Waals surface area contributed by atoms with Gasteiger partial charge in [0, 0.05) is 4.47 Å². The van der Waals surface area contributed by atoms with Gasteiger partial charge in [-0.3, -0.25) is 4.79 Å². The van der Waals surface area contributed by atoms with Gasteiger partial charge in [-0.15, -0.1) is 0 Å². The Bertz CT molecular complexity index is 459. The third-order valence-electron chi connectivity index (χ3n) is 2.04. The Morgan fingerprint density at radius 2 is 2.20 bits per heavy atom. The van der Waals surface area contributed by atoms with Crippen LogP contribution < -0.4 is 10.6 Å². The van der Waals surface area contributed by atoms with Gasteiger partial charge < -0.3 is 15.7 Å². The van der Waals surface area contributed by atoms with E-state index in [-0.39, 0.29) is 18.0 Å². The molecule has 0 aromatic heterocycles. The number of fused-ring (bicyclic) bond motifs is 1. The number of carbonyl (C=O) groups excluding carboxylic acids is 1. The van der Waals surface area contributed by atoms with Gasteiger partial charge in [0.25, 0.3) is 0 Å². The first-order chi connectivity index (χ1) is 7.08. The number of benzene rings is 1. The molecule has 6 heteroatoms. The maximum atomic E-state index is 11.1. The summed E-state index contributed by atoms with van der Waals surface area (Å²) in [4.78, 5) is 21.8. The van der Waals surface area contributed by atoms with Crippen LogP contribution in [0, 0.1) is 0 Å². The molecule has 0 saturated carbocycles.